The molecule has 2 aromatic rings. The fourth-order valence-corrected chi connectivity index (χ4v) is 2.63. The van der Waals surface area contributed by atoms with E-state index in [1.807, 2.05) is 19.9 Å². The highest BCUT2D eigenvalue weighted by atomic mass is 16.4. The average molecular weight is 231 g/mol. The van der Waals surface area contributed by atoms with Crippen molar-refractivity contribution in [1.82, 2.24) is 15.0 Å². The van der Waals surface area contributed by atoms with E-state index in [1.165, 1.54) is 0 Å². The molecular weight excluding hydrogens is 218 g/mol. The maximum absolute atomic E-state index is 11.1. The lowest BCUT2D eigenvalue weighted by molar-refractivity contribution is -0.139. The highest BCUT2D eigenvalue weighted by molar-refractivity contribution is 5.79. The smallest absolute Gasteiger partial charge is 0.307 e. The number of aromatic amines is 1. The maximum Gasteiger partial charge on any atom is 0.307 e. The Hall–Kier alpha value is -1.91. The molecule has 0 aliphatic heterocycles. The molecule has 2 aromatic heterocycles. The number of aliphatic carboxylic acids is 1. The summed E-state index contributed by atoms with van der Waals surface area (Å²) in [6, 6.07) is 1.82. The molecule has 2 heterocycles. The Morgan fingerprint density at radius 3 is 2.88 bits per heavy atom. The lowest BCUT2D eigenvalue weighted by atomic mass is 10.1. The van der Waals surface area contributed by atoms with Crippen LogP contribution in [0.3, 0.4) is 0 Å². The summed E-state index contributed by atoms with van der Waals surface area (Å²) >= 11 is 0. The molecule has 5 heteroatoms. The van der Waals surface area contributed by atoms with Gasteiger partial charge >= 0.3 is 5.97 Å². The van der Waals surface area contributed by atoms with Gasteiger partial charge in [-0.15, -0.1) is 0 Å². The number of nitrogens with one attached hydrogen (secondary N) is 1. The van der Waals surface area contributed by atoms with Crippen molar-refractivity contribution in [3.05, 3.63) is 24.3 Å². The van der Waals surface area contributed by atoms with Gasteiger partial charge in [-0.2, -0.15) is 0 Å². The van der Waals surface area contributed by atoms with Gasteiger partial charge in [-0.05, 0) is 11.5 Å². The highest BCUT2D eigenvalue weighted by Crippen LogP contribution is 2.63. The number of hydrogen-bond donors (Lipinski definition) is 2. The molecule has 17 heavy (non-hydrogen) atoms. The molecule has 0 spiro atoms. The zero-order valence-electron chi connectivity index (χ0n) is 9.64. The normalized spacial score (nSPS) is 26.0. The van der Waals surface area contributed by atoms with Crippen LogP contribution in [0, 0.1) is 11.3 Å². The van der Waals surface area contributed by atoms with Crippen LogP contribution in [-0.2, 0) is 4.79 Å². The molecular formula is C12H13N3O2. The fraction of sp³-hybridized carbons (Fsp3) is 0.417. The summed E-state index contributed by atoms with van der Waals surface area (Å²) in [5.41, 5.74) is 1.46. The van der Waals surface area contributed by atoms with E-state index in [9.17, 15) is 4.79 Å². The van der Waals surface area contributed by atoms with Gasteiger partial charge in [0.05, 0.1) is 23.1 Å². The van der Waals surface area contributed by atoms with Gasteiger partial charge in [0, 0.05) is 12.1 Å². The molecule has 2 atom stereocenters. The topological polar surface area (TPSA) is 78.9 Å². The first-order chi connectivity index (χ1) is 8.01. The number of H-pyrrole nitrogens is 1. The Morgan fingerprint density at radius 1 is 1.53 bits per heavy atom. The average Bonchev–Trinajstić information content (AvgIpc) is 2.68. The Morgan fingerprint density at radius 2 is 2.29 bits per heavy atom. The number of imidazole rings is 1. The van der Waals surface area contributed by atoms with Gasteiger partial charge in [0.1, 0.15) is 5.82 Å². The number of pyridine rings is 1. The van der Waals surface area contributed by atoms with Crippen LogP contribution in [0.2, 0.25) is 0 Å². The van der Waals surface area contributed by atoms with Crippen LogP contribution in [0.5, 0.6) is 0 Å². The van der Waals surface area contributed by atoms with Crippen LogP contribution in [-0.4, -0.2) is 26.0 Å². The van der Waals surface area contributed by atoms with Crippen molar-refractivity contribution in [2.45, 2.75) is 19.8 Å². The molecule has 2 unspecified atom stereocenters. The van der Waals surface area contributed by atoms with Crippen LogP contribution in [0.1, 0.15) is 25.6 Å². The zero-order chi connectivity index (χ0) is 12.2. The van der Waals surface area contributed by atoms with Gasteiger partial charge in [0.2, 0.25) is 0 Å². The van der Waals surface area contributed by atoms with E-state index in [0.29, 0.717) is 0 Å². The number of fused-ring (bicyclic) bond motifs is 1. The van der Waals surface area contributed by atoms with E-state index < -0.39 is 5.97 Å². The molecule has 1 aliphatic rings. The number of hydrogen-bond acceptors (Lipinski definition) is 3. The SMILES string of the molecule is CC1(C)C(C(=O)O)C1c1nc2ccncc2[nH]1. The van der Waals surface area contributed by atoms with Crippen molar-refractivity contribution >= 4 is 17.0 Å². The van der Waals surface area contributed by atoms with Crippen LogP contribution >= 0.6 is 0 Å². The molecule has 0 radical (unpaired) electrons. The second-order valence-electron chi connectivity index (χ2n) is 5.13. The van der Waals surface area contributed by atoms with Crippen molar-refractivity contribution in [2.24, 2.45) is 11.3 Å². The largest absolute Gasteiger partial charge is 0.481 e. The van der Waals surface area contributed by atoms with Gasteiger partial charge in [0.25, 0.3) is 0 Å². The predicted octanol–water partition coefficient (Wildman–Crippen LogP) is 1.78. The van der Waals surface area contributed by atoms with E-state index in [2.05, 4.69) is 15.0 Å². The van der Waals surface area contributed by atoms with E-state index >= 15 is 0 Å². The molecule has 0 bridgehead atoms. The first-order valence-corrected chi connectivity index (χ1v) is 5.54. The Bertz CT molecular complexity index is 570. The van der Waals surface area contributed by atoms with Crippen molar-refractivity contribution < 1.29 is 9.90 Å². The molecule has 0 amide bonds. The van der Waals surface area contributed by atoms with E-state index in [0.717, 1.165) is 16.9 Å². The Balaban J connectivity index is 2.03. The number of carboxylic acids is 1. The van der Waals surface area contributed by atoms with Gasteiger partial charge in [-0.1, -0.05) is 13.8 Å². The summed E-state index contributed by atoms with van der Waals surface area (Å²) in [4.78, 5) is 22.7. The monoisotopic (exact) mass is 231 g/mol. The number of carbonyl (C=O) groups is 1. The molecule has 0 saturated heterocycles. The van der Waals surface area contributed by atoms with Crippen molar-refractivity contribution in [3.8, 4) is 0 Å². The first kappa shape index (κ1) is 10.3. The number of nitrogens with zero attached hydrogens (tertiary/aromatic N) is 2. The third kappa shape index (κ3) is 1.35. The van der Waals surface area contributed by atoms with Crippen LogP contribution < -0.4 is 0 Å². The lowest BCUT2D eigenvalue weighted by Crippen LogP contribution is -2.03. The quantitative estimate of drug-likeness (QED) is 0.825. The zero-order valence-corrected chi connectivity index (χ0v) is 9.64. The van der Waals surface area contributed by atoms with Crippen LogP contribution in [0.25, 0.3) is 11.0 Å². The predicted molar refractivity (Wildman–Crippen MR) is 61.5 cm³/mol. The molecule has 5 nitrogen and oxygen atoms in total. The summed E-state index contributed by atoms with van der Waals surface area (Å²) < 4.78 is 0. The molecule has 0 aromatic carbocycles. The second kappa shape index (κ2) is 3.06. The van der Waals surface area contributed by atoms with E-state index in [1.54, 1.807) is 12.4 Å². The van der Waals surface area contributed by atoms with Crippen LogP contribution in [0.15, 0.2) is 18.5 Å². The summed E-state index contributed by atoms with van der Waals surface area (Å²) in [6.07, 6.45) is 3.39. The van der Waals surface area contributed by atoms with Crippen molar-refractivity contribution in [1.29, 1.82) is 0 Å². The van der Waals surface area contributed by atoms with E-state index in [-0.39, 0.29) is 17.3 Å². The van der Waals surface area contributed by atoms with Crippen molar-refractivity contribution in [3.63, 3.8) is 0 Å². The molecule has 1 aliphatic carbocycles. The minimum atomic E-state index is -0.751. The van der Waals surface area contributed by atoms with E-state index in [4.69, 9.17) is 5.11 Å². The molecule has 1 fully saturated rings. The lowest BCUT2D eigenvalue weighted by Gasteiger charge is -1.97. The first-order valence-electron chi connectivity index (χ1n) is 5.54. The summed E-state index contributed by atoms with van der Waals surface area (Å²) in [5.74, 6) is -0.382. The minimum absolute atomic E-state index is 0.0348. The van der Waals surface area contributed by atoms with Gasteiger partial charge in [-0.3, -0.25) is 9.78 Å². The molecule has 1 saturated carbocycles. The standard InChI is InChI=1S/C12H13N3O2/c1-12(2)8(9(12)11(16)17)10-14-6-3-4-13-5-7(6)15-10/h3-5,8-9H,1-2H3,(H,14,15)(H,16,17). The Kier molecular flexibility index (Phi) is 1.85. The third-order valence-electron chi connectivity index (χ3n) is 3.69. The maximum atomic E-state index is 11.1. The van der Waals surface area contributed by atoms with Gasteiger partial charge in [-0.25, -0.2) is 4.98 Å². The Labute approximate surface area is 97.9 Å². The number of rotatable bonds is 2. The number of aromatic nitrogens is 3. The van der Waals surface area contributed by atoms with Crippen LogP contribution in [0.4, 0.5) is 0 Å². The van der Waals surface area contributed by atoms with Crippen molar-refractivity contribution in [2.75, 3.05) is 0 Å². The summed E-state index contributed by atoms with van der Waals surface area (Å²) in [7, 11) is 0. The highest BCUT2D eigenvalue weighted by Gasteiger charge is 2.64. The number of carboxylic acid groups (broad SMARTS) is 1. The third-order valence-corrected chi connectivity index (χ3v) is 3.69. The molecule has 88 valence electrons. The second-order valence-corrected chi connectivity index (χ2v) is 5.13. The molecule has 3 rings (SSSR count). The van der Waals surface area contributed by atoms with Gasteiger partial charge < -0.3 is 10.1 Å². The summed E-state index contributed by atoms with van der Waals surface area (Å²) in [6.45, 7) is 3.92. The summed E-state index contributed by atoms with van der Waals surface area (Å²) in [5, 5.41) is 9.14. The minimum Gasteiger partial charge on any atom is -0.481 e. The van der Waals surface area contributed by atoms with Gasteiger partial charge in [0.15, 0.2) is 0 Å². The molecule has 2 N–H and O–H groups in total. The fourth-order valence-electron chi connectivity index (χ4n) is 2.63.